The predicted molar refractivity (Wildman–Crippen MR) is 68.4 cm³/mol. The largest absolute Gasteiger partial charge is 0.478 e. The van der Waals surface area contributed by atoms with Crippen molar-refractivity contribution in [2.75, 3.05) is 4.72 Å². The number of benzene rings is 1. The Bertz CT molecular complexity index is 809. The molecule has 0 aliphatic rings. The molecule has 0 bridgehead atoms. The lowest BCUT2D eigenvalue weighted by Gasteiger charge is -2.11. The van der Waals surface area contributed by atoms with Crippen LogP contribution in [0.1, 0.15) is 10.4 Å². The summed E-state index contributed by atoms with van der Waals surface area (Å²) >= 11 is 0. The average Bonchev–Trinajstić information content (AvgIpc) is 2.40. The molecule has 1 aromatic carbocycles. The van der Waals surface area contributed by atoms with Crippen LogP contribution in [-0.2, 0) is 10.0 Å². The maximum absolute atomic E-state index is 13.7. The van der Waals surface area contributed by atoms with E-state index in [0.29, 0.717) is 6.07 Å². The lowest BCUT2D eigenvalue weighted by molar-refractivity contribution is 0.0697. The van der Waals surface area contributed by atoms with E-state index in [0.717, 1.165) is 30.6 Å². The SMILES string of the molecule is O=C(O)c1cccc(F)c1NS(=O)(=O)c1cncc(F)c1. The third-order valence-corrected chi connectivity index (χ3v) is 3.79. The van der Waals surface area contributed by atoms with Gasteiger partial charge in [0.15, 0.2) is 0 Å². The number of carbonyl (C=O) groups is 1. The maximum atomic E-state index is 13.7. The molecule has 0 radical (unpaired) electrons. The van der Waals surface area contributed by atoms with Crippen molar-refractivity contribution in [3.8, 4) is 0 Å². The minimum Gasteiger partial charge on any atom is -0.478 e. The number of hydrogen-bond acceptors (Lipinski definition) is 4. The number of aromatic nitrogens is 1. The molecule has 2 N–H and O–H groups in total. The van der Waals surface area contributed by atoms with Gasteiger partial charge in [0, 0.05) is 6.20 Å². The zero-order valence-electron chi connectivity index (χ0n) is 10.2. The Balaban J connectivity index is 2.49. The van der Waals surface area contributed by atoms with E-state index in [1.54, 1.807) is 4.72 Å². The number of carboxylic acids is 1. The molecule has 1 heterocycles. The summed E-state index contributed by atoms with van der Waals surface area (Å²) in [6.45, 7) is 0. The first-order valence-electron chi connectivity index (χ1n) is 5.46. The highest BCUT2D eigenvalue weighted by molar-refractivity contribution is 7.92. The zero-order valence-corrected chi connectivity index (χ0v) is 11.1. The van der Waals surface area contributed by atoms with Crippen molar-refractivity contribution in [2.45, 2.75) is 4.90 Å². The molecule has 2 rings (SSSR count). The Morgan fingerprint density at radius 3 is 2.57 bits per heavy atom. The van der Waals surface area contributed by atoms with E-state index >= 15 is 0 Å². The number of carboxylic acid groups (broad SMARTS) is 1. The van der Waals surface area contributed by atoms with Gasteiger partial charge in [-0.25, -0.2) is 22.0 Å². The van der Waals surface area contributed by atoms with Gasteiger partial charge in [-0.3, -0.25) is 9.71 Å². The molecular weight excluding hydrogens is 306 g/mol. The molecule has 9 heteroatoms. The number of rotatable bonds is 4. The summed E-state index contributed by atoms with van der Waals surface area (Å²) in [6, 6.07) is 3.73. The smallest absolute Gasteiger partial charge is 0.337 e. The molecule has 6 nitrogen and oxygen atoms in total. The van der Waals surface area contributed by atoms with Gasteiger partial charge in [0.2, 0.25) is 0 Å². The second-order valence-corrected chi connectivity index (χ2v) is 5.59. The highest BCUT2D eigenvalue weighted by atomic mass is 32.2. The van der Waals surface area contributed by atoms with Crippen molar-refractivity contribution in [3.63, 3.8) is 0 Å². The lowest BCUT2D eigenvalue weighted by atomic mass is 10.2. The first kappa shape index (κ1) is 14.9. The summed E-state index contributed by atoms with van der Waals surface area (Å²) in [6.07, 6.45) is 1.65. The number of nitrogens with zero attached hydrogens (tertiary/aromatic N) is 1. The lowest BCUT2D eigenvalue weighted by Crippen LogP contribution is -2.17. The number of anilines is 1. The van der Waals surface area contributed by atoms with Gasteiger partial charge in [-0.05, 0) is 18.2 Å². The number of hydrogen-bond donors (Lipinski definition) is 2. The van der Waals surface area contributed by atoms with Crippen LogP contribution in [0.5, 0.6) is 0 Å². The molecule has 0 amide bonds. The number of pyridine rings is 1. The summed E-state index contributed by atoms with van der Waals surface area (Å²) in [5.41, 5.74) is -1.29. The number of para-hydroxylation sites is 1. The Labute approximate surface area is 118 Å². The van der Waals surface area contributed by atoms with Crippen LogP contribution in [-0.4, -0.2) is 24.5 Å². The van der Waals surface area contributed by atoms with Crippen LogP contribution >= 0.6 is 0 Å². The summed E-state index contributed by atoms with van der Waals surface area (Å²) in [5, 5.41) is 8.93. The maximum Gasteiger partial charge on any atom is 0.337 e. The van der Waals surface area contributed by atoms with Crippen LogP contribution in [0.4, 0.5) is 14.5 Å². The van der Waals surface area contributed by atoms with E-state index in [1.807, 2.05) is 0 Å². The normalized spacial score (nSPS) is 11.1. The highest BCUT2D eigenvalue weighted by Gasteiger charge is 2.22. The van der Waals surface area contributed by atoms with Crippen molar-refractivity contribution < 1.29 is 27.1 Å². The molecule has 0 unspecified atom stereocenters. The fraction of sp³-hybridized carbons (Fsp3) is 0. The fourth-order valence-electron chi connectivity index (χ4n) is 1.54. The van der Waals surface area contributed by atoms with Gasteiger partial charge in [0.25, 0.3) is 10.0 Å². The first-order chi connectivity index (χ1) is 9.81. The first-order valence-corrected chi connectivity index (χ1v) is 6.95. The third kappa shape index (κ3) is 3.14. The quantitative estimate of drug-likeness (QED) is 0.898. The standard InChI is InChI=1S/C12H8F2N2O4S/c13-7-4-8(6-15-5-7)21(19,20)16-11-9(12(17)18)2-1-3-10(11)14/h1-6,16H,(H,17,18). The molecule has 21 heavy (non-hydrogen) atoms. The number of sulfonamides is 1. The van der Waals surface area contributed by atoms with E-state index in [4.69, 9.17) is 5.11 Å². The van der Waals surface area contributed by atoms with Crippen molar-refractivity contribution in [2.24, 2.45) is 0 Å². The van der Waals surface area contributed by atoms with Gasteiger partial charge < -0.3 is 5.11 Å². The Morgan fingerprint density at radius 1 is 1.24 bits per heavy atom. The molecule has 0 aliphatic heterocycles. The molecule has 1 aromatic heterocycles. The van der Waals surface area contributed by atoms with Crippen molar-refractivity contribution in [3.05, 3.63) is 53.9 Å². The van der Waals surface area contributed by atoms with Crippen molar-refractivity contribution >= 4 is 21.7 Å². The molecule has 2 aromatic rings. The van der Waals surface area contributed by atoms with Gasteiger partial charge in [-0.15, -0.1) is 0 Å². The number of nitrogens with one attached hydrogen (secondary N) is 1. The van der Waals surface area contributed by atoms with Crippen molar-refractivity contribution in [1.29, 1.82) is 0 Å². The Kier molecular flexibility index (Phi) is 3.85. The van der Waals surface area contributed by atoms with Crippen LogP contribution in [0.15, 0.2) is 41.6 Å². The number of halogens is 2. The summed E-state index contributed by atoms with van der Waals surface area (Å²) in [4.78, 5) is 13.8. The molecule has 0 fully saturated rings. The topological polar surface area (TPSA) is 96.4 Å². The monoisotopic (exact) mass is 314 g/mol. The minimum atomic E-state index is -4.37. The predicted octanol–water partition coefficient (Wildman–Crippen LogP) is 1.86. The highest BCUT2D eigenvalue weighted by Crippen LogP contribution is 2.23. The van der Waals surface area contributed by atoms with Crippen LogP contribution < -0.4 is 4.72 Å². The van der Waals surface area contributed by atoms with E-state index in [1.165, 1.54) is 0 Å². The molecule has 0 saturated heterocycles. The summed E-state index contributed by atoms with van der Waals surface area (Å²) < 4.78 is 52.5. The Morgan fingerprint density at radius 2 is 1.95 bits per heavy atom. The van der Waals surface area contributed by atoms with Crippen LogP contribution in [0.3, 0.4) is 0 Å². The van der Waals surface area contributed by atoms with E-state index in [2.05, 4.69) is 4.98 Å². The van der Waals surface area contributed by atoms with Gasteiger partial charge in [-0.1, -0.05) is 6.07 Å². The van der Waals surface area contributed by atoms with Crippen LogP contribution in [0.2, 0.25) is 0 Å². The minimum absolute atomic E-state index is 0.554. The average molecular weight is 314 g/mol. The van der Waals surface area contributed by atoms with Crippen LogP contribution in [0.25, 0.3) is 0 Å². The third-order valence-electron chi connectivity index (χ3n) is 2.47. The van der Waals surface area contributed by atoms with Crippen LogP contribution in [0, 0.1) is 11.6 Å². The van der Waals surface area contributed by atoms with Gasteiger partial charge in [0.1, 0.15) is 16.5 Å². The van der Waals surface area contributed by atoms with Gasteiger partial charge in [-0.2, -0.15) is 0 Å². The second kappa shape index (κ2) is 5.44. The molecule has 110 valence electrons. The van der Waals surface area contributed by atoms with E-state index in [9.17, 15) is 22.0 Å². The number of aromatic carboxylic acids is 1. The van der Waals surface area contributed by atoms with E-state index < -0.39 is 43.8 Å². The Hall–Kier alpha value is -2.55. The van der Waals surface area contributed by atoms with Gasteiger partial charge >= 0.3 is 5.97 Å². The van der Waals surface area contributed by atoms with Crippen molar-refractivity contribution in [1.82, 2.24) is 4.98 Å². The molecular formula is C12H8F2N2O4S. The molecule has 0 saturated carbocycles. The van der Waals surface area contributed by atoms with Gasteiger partial charge in [0.05, 0.1) is 17.4 Å². The summed E-state index contributed by atoms with van der Waals surface area (Å²) in [5.74, 6) is -3.47. The molecule has 0 aliphatic carbocycles. The fourth-order valence-corrected chi connectivity index (χ4v) is 2.60. The summed E-state index contributed by atoms with van der Waals surface area (Å²) in [7, 11) is -4.37. The molecule has 0 spiro atoms. The molecule has 0 atom stereocenters. The van der Waals surface area contributed by atoms with E-state index in [-0.39, 0.29) is 0 Å². The zero-order chi connectivity index (χ0) is 15.6. The second-order valence-electron chi connectivity index (χ2n) is 3.91.